The van der Waals surface area contributed by atoms with Crippen molar-refractivity contribution in [1.29, 1.82) is 0 Å². The van der Waals surface area contributed by atoms with Crippen LogP contribution in [0.15, 0.2) is 41.7 Å². The van der Waals surface area contributed by atoms with E-state index in [2.05, 4.69) is 30.2 Å². The number of aromatic nitrogens is 5. The van der Waals surface area contributed by atoms with E-state index in [1.54, 1.807) is 36.5 Å². The number of carbonyl (C=O) groups is 1. The van der Waals surface area contributed by atoms with E-state index < -0.39 is 0 Å². The maximum atomic E-state index is 12.8. The molecule has 27 heavy (non-hydrogen) atoms. The number of anilines is 1. The van der Waals surface area contributed by atoms with Crippen molar-refractivity contribution < 1.29 is 4.79 Å². The predicted molar refractivity (Wildman–Crippen MR) is 98.1 cm³/mol. The Morgan fingerprint density at radius 2 is 1.96 bits per heavy atom. The van der Waals surface area contributed by atoms with Crippen LogP contribution in [-0.2, 0) is 13.0 Å². The van der Waals surface area contributed by atoms with Gasteiger partial charge in [-0.2, -0.15) is 0 Å². The summed E-state index contributed by atoms with van der Waals surface area (Å²) in [6, 6.07) is 3.55. The summed E-state index contributed by atoms with van der Waals surface area (Å²) in [6.07, 6.45) is 6.71. The number of amides is 1. The van der Waals surface area contributed by atoms with Gasteiger partial charge in [-0.25, -0.2) is 15.0 Å². The van der Waals surface area contributed by atoms with E-state index in [-0.39, 0.29) is 18.0 Å². The number of carbonyl (C=O) groups excluding carboxylic acids is 1. The van der Waals surface area contributed by atoms with Crippen molar-refractivity contribution in [2.75, 3.05) is 18.9 Å². The van der Waals surface area contributed by atoms with Crippen LogP contribution < -0.4 is 10.9 Å². The summed E-state index contributed by atoms with van der Waals surface area (Å²) in [6.45, 7) is 0.711. The molecule has 0 radical (unpaired) electrons. The number of fused-ring (bicyclic) bond motifs is 1. The second-order valence-electron chi connectivity index (χ2n) is 6.10. The normalized spacial score (nSPS) is 13.1. The Hall–Kier alpha value is -3.62. The van der Waals surface area contributed by atoms with Gasteiger partial charge in [0.05, 0.1) is 17.8 Å². The summed E-state index contributed by atoms with van der Waals surface area (Å²) in [7, 11) is 1.71. The molecule has 0 aromatic carbocycles. The van der Waals surface area contributed by atoms with Gasteiger partial charge in [-0.3, -0.25) is 14.6 Å². The van der Waals surface area contributed by atoms with E-state index in [4.69, 9.17) is 0 Å². The quantitative estimate of drug-likeness (QED) is 0.709. The fraction of sp³-hybridized carbons (Fsp3) is 0.222. The van der Waals surface area contributed by atoms with Gasteiger partial charge in [0.1, 0.15) is 5.82 Å². The average molecular weight is 363 g/mol. The number of nitrogens with one attached hydrogen (secondary N) is 2. The van der Waals surface area contributed by atoms with Gasteiger partial charge in [0.2, 0.25) is 5.95 Å². The summed E-state index contributed by atoms with van der Waals surface area (Å²) in [5, 5.41) is 2.81. The molecule has 136 valence electrons. The Labute approximate surface area is 154 Å². The lowest BCUT2D eigenvalue weighted by Crippen LogP contribution is -2.39. The molecule has 4 heterocycles. The van der Waals surface area contributed by atoms with Crippen LogP contribution in [0.5, 0.6) is 0 Å². The molecule has 3 aromatic rings. The Bertz CT molecular complexity index is 1030. The Balaban J connectivity index is 1.62. The molecule has 0 fully saturated rings. The Morgan fingerprint density at radius 3 is 2.67 bits per heavy atom. The first-order valence-electron chi connectivity index (χ1n) is 8.47. The molecule has 0 spiro atoms. The molecule has 9 nitrogen and oxygen atoms in total. The van der Waals surface area contributed by atoms with E-state index in [1.165, 1.54) is 12.4 Å². The van der Waals surface area contributed by atoms with E-state index >= 15 is 0 Å². The second kappa shape index (κ2) is 6.94. The minimum absolute atomic E-state index is 0.166. The zero-order chi connectivity index (χ0) is 18.8. The van der Waals surface area contributed by atoms with Gasteiger partial charge in [-0.1, -0.05) is 0 Å². The van der Waals surface area contributed by atoms with E-state index in [0.717, 1.165) is 5.56 Å². The number of hydrogen-bond donors (Lipinski definition) is 2. The van der Waals surface area contributed by atoms with E-state index in [9.17, 15) is 9.59 Å². The topological polar surface area (TPSA) is 117 Å². The van der Waals surface area contributed by atoms with Gasteiger partial charge >= 0.3 is 0 Å². The maximum absolute atomic E-state index is 12.8. The molecular formula is C18H17N7O2. The van der Waals surface area contributed by atoms with E-state index in [0.29, 0.717) is 41.6 Å². The molecule has 1 aliphatic heterocycles. The standard InChI is InChI=1S/C18H17N7O2/c1-19-18-21-8-12(9-22-18)17(27)25-7-4-13-14(10-25)23-15(24-16(13)26)11-2-5-20-6-3-11/h2-3,5-6,8-9H,4,7,10H2,1H3,(H,19,21,22)(H,23,24,26). The summed E-state index contributed by atoms with van der Waals surface area (Å²) in [5.41, 5.74) is 2.23. The number of hydrogen-bond acceptors (Lipinski definition) is 7. The van der Waals surface area contributed by atoms with Crippen LogP contribution in [0, 0.1) is 0 Å². The third kappa shape index (κ3) is 3.26. The van der Waals surface area contributed by atoms with Crippen LogP contribution in [0.2, 0.25) is 0 Å². The monoisotopic (exact) mass is 363 g/mol. The first kappa shape index (κ1) is 16.8. The fourth-order valence-electron chi connectivity index (χ4n) is 3.01. The number of H-pyrrole nitrogens is 1. The highest BCUT2D eigenvalue weighted by atomic mass is 16.2. The molecule has 4 rings (SSSR count). The van der Waals surface area contributed by atoms with Crippen molar-refractivity contribution in [1.82, 2.24) is 29.8 Å². The number of rotatable bonds is 3. The fourth-order valence-corrected chi connectivity index (χ4v) is 3.01. The van der Waals surface area contributed by atoms with Gasteiger partial charge in [0.25, 0.3) is 11.5 Å². The molecule has 0 atom stereocenters. The number of nitrogens with zero attached hydrogens (tertiary/aromatic N) is 5. The van der Waals surface area contributed by atoms with Crippen molar-refractivity contribution in [3.05, 3.63) is 64.1 Å². The van der Waals surface area contributed by atoms with Crippen molar-refractivity contribution >= 4 is 11.9 Å². The largest absolute Gasteiger partial charge is 0.357 e. The molecule has 0 bridgehead atoms. The zero-order valence-corrected chi connectivity index (χ0v) is 14.6. The van der Waals surface area contributed by atoms with Crippen molar-refractivity contribution in [3.8, 4) is 11.4 Å². The zero-order valence-electron chi connectivity index (χ0n) is 14.6. The highest BCUT2D eigenvalue weighted by molar-refractivity contribution is 5.93. The van der Waals surface area contributed by atoms with Crippen molar-refractivity contribution in [3.63, 3.8) is 0 Å². The summed E-state index contributed by atoms with van der Waals surface area (Å²) in [4.78, 5) is 46.4. The Morgan fingerprint density at radius 1 is 1.22 bits per heavy atom. The van der Waals surface area contributed by atoms with Gasteiger partial charge < -0.3 is 15.2 Å². The molecule has 3 aromatic heterocycles. The molecule has 0 saturated carbocycles. The lowest BCUT2D eigenvalue weighted by atomic mass is 10.1. The number of pyridine rings is 1. The smallest absolute Gasteiger partial charge is 0.257 e. The number of aromatic amines is 1. The Kier molecular flexibility index (Phi) is 4.33. The van der Waals surface area contributed by atoms with Gasteiger partial charge in [0.15, 0.2) is 0 Å². The summed E-state index contributed by atoms with van der Waals surface area (Å²) >= 11 is 0. The minimum Gasteiger partial charge on any atom is -0.357 e. The molecule has 0 aliphatic carbocycles. The maximum Gasteiger partial charge on any atom is 0.257 e. The highest BCUT2D eigenvalue weighted by Crippen LogP contribution is 2.19. The highest BCUT2D eigenvalue weighted by Gasteiger charge is 2.25. The average Bonchev–Trinajstić information content (AvgIpc) is 2.73. The van der Waals surface area contributed by atoms with Crippen LogP contribution in [0.1, 0.15) is 21.6 Å². The van der Waals surface area contributed by atoms with Crippen LogP contribution >= 0.6 is 0 Å². The lowest BCUT2D eigenvalue weighted by molar-refractivity contribution is 0.0730. The van der Waals surface area contributed by atoms with Crippen LogP contribution in [-0.4, -0.2) is 49.3 Å². The molecular weight excluding hydrogens is 346 g/mol. The molecule has 2 N–H and O–H groups in total. The first-order chi connectivity index (χ1) is 13.2. The van der Waals surface area contributed by atoms with Crippen LogP contribution in [0.3, 0.4) is 0 Å². The molecule has 1 aliphatic rings. The third-order valence-corrected chi connectivity index (χ3v) is 4.44. The first-order valence-corrected chi connectivity index (χ1v) is 8.47. The predicted octanol–water partition coefficient (Wildman–Crippen LogP) is 0.862. The molecule has 0 unspecified atom stereocenters. The van der Waals surface area contributed by atoms with Crippen LogP contribution in [0.25, 0.3) is 11.4 Å². The molecule has 0 saturated heterocycles. The van der Waals surface area contributed by atoms with E-state index in [1.807, 2.05) is 0 Å². The second-order valence-corrected chi connectivity index (χ2v) is 6.10. The summed E-state index contributed by atoms with van der Waals surface area (Å²) < 4.78 is 0. The van der Waals surface area contributed by atoms with Gasteiger partial charge in [-0.15, -0.1) is 0 Å². The van der Waals surface area contributed by atoms with Crippen LogP contribution in [0.4, 0.5) is 5.95 Å². The minimum atomic E-state index is -0.184. The van der Waals surface area contributed by atoms with Crippen molar-refractivity contribution in [2.45, 2.75) is 13.0 Å². The van der Waals surface area contributed by atoms with Gasteiger partial charge in [0, 0.05) is 49.5 Å². The molecule has 1 amide bonds. The van der Waals surface area contributed by atoms with Gasteiger partial charge in [-0.05, 0) is 18.6 Å². The molecule has 9 heteroatoms. The SMILES string of the molecule is CNc1ncc(C(=O)N2CCc3c(nc(-c4ccncc4)[nH]c3=O)C2)cn1. The summed E-state index contributed by atoms with van der Waals surface area (Å²) in [5.74, 6) is 0.735. The third-order valence-electron chi connectivity index (χ3n) is 4.44. The lowest BCUT2D eigenvalue weighted by Gasteiger charge is -2.27. The van der Waals surface area contributed by atoms with Crippen molar-refractivity contribution in [2.24, 2.45) is 0 Å².